The van der Waals surface area contributed by atoms with Crippen LogP contribution < -0.4 is 5.32 Å². The Morgan fingerprint density at radius 3 is 2.26 bits per heavy atom. The van der Waals surface area contributed by atoms with Crippen molar-refractivity contribution in [3.63, 3.8) is 0 Å². The number of carboxylic acid groups (broad SMARTS) is 1. The van der Waals surface area contributed by atoms with Gasteiger partial charge in [0.15, 0.2) is 0 Å². The molecule has 7 heteroatoms. The second-order valence-electron chi connectivity index (χ2n) is 7.42. The van der Waals surface area contributed by atoms with Crippen molar-refractivity contribution >= 4 is 18.0 Å². The van der Waals surface area contributed by atoms with Gasteiger partial charge in [-0.2, -0.15) is 0 Å². The number of nitrogens with zero attached hydrogens (tertiary/aromatic N) is 1. The Kier molecular flexibility index (Phi) is 6.93. The van der Waals surface area contributed by atoms with Crippen molar-refractivity contribution in [1.82, 2.24) is 10.2 Å². The number of alkyl carbamates (subject to hydrolysis) is 1. The largest absolute Gasteiger partial charge is 0.480 e. The topological polar surface area (TPSA) is 95.9 Å². The molecule has 7 nitrogen and oxygen atoms in total. The average molecular weight is 420 g/mol. The van der Waals surface area contributed by atoms with Crippen LogP contribution >= 0.6 is 0 Å². The van der Waals surface area contributed by atoms with E-state index >= 15 is 0 Å². The maximum atomic E-state index is 12.3. The summed E-state index contributed by atoms with van der Waals surface area (Å²) in [5.74, 6) is 0.603. The summed E-state index contributed by atoms with van der Waals surface area (Å²) in [6.07, 6.45) is 4.48. The van der Waals surface area contributed by atoms with Crippen molar-refractivity contribution < 1.29 is 24.2 Å². The van der Waals surface area contributed by atoms with Gasteiger partial charge in [-0.3, -0.25) is 9.59 Å². The molecule has 3 rings (SSSR count). The number of rotatable bonds is 8. The molecule has 0 aromatic heterocycles. The normalized spacial score (nSPS) is 12.8. The Bertz CT molecular complexity index is 981. The van der Waals surface area contributed by atoms with Crippen LogP contribution in [0.1, 0.15) is 30.4 Å². The first-order valence-electron chi connectivity index (χ1n) is 9.95. The van der Waals surface area contributed by atoms with Crippen LogP contribution in [0.2, 0.25) is 0 Å². The van der Waals surface area contributed by atoms with Gasteiger partial charge in [0, 0.05) is 18.4 Å². The van der Waals surface area contributed by atoms with Gasteiger partial charge < -0.3 is 20.1 Å². The Hall–Kier alpha value is -3.79. The molecule has 1 atom stereocenters. The molecule has 0 heterocycles. The van der Waals surface area contributed by atoms with Crippen molar-refractivity contribution in [2.24, 2.45) is 0 Å². The molecule has 2 N–H and O–H groups in total. The van der Waals surface area contributed by atoms with E-state index in [9.17, 15) is 14.4 Å². The summed E-state index contributed by atoms with van der Waals surface area (Å²) < 4.78 is 5.46. The maximum absolute atomic E-state index is 12.3. The summed E-state index contributed by atoms with van der Waals surface area (Å²) >= 11 is 0. The number of fused-ring (bicyclic) bond motifs is 3. The number of carboxylic acids is 1. The molecule has 0 bridgehead atoms. The third-order valence-corrected chi connectivity index (χ3v) is 5.15. The van der Waals surface area contributed by atoms with Crippen LogP contribution in [-0.2, 0) is 14.3 Å². The molecule has 1 aliphatic carbocycles. The van der Waals surface area contributed by atoms with Gasteiger partial charge in [0.25, 0.3) is 0 Å². The van der Waals surface area contributed by atoms with E-state index in [2.05, 4.69) is 23.4 Å². The standard InChI is InChI=1S/C24H24N2O5/c1-3-12-26(14-23(28)29)22(27)13-16(2)25-24(30)31-15-21-19-10-6-4-8-17(19)18-9-5-7-11-20(18)21/h1,4-11,16,21H,12-15H2,2H3,(H,25,30)(H,28,29)/t16-/m0/s1. The van der Waals surface area contributed by atoms with E-state index in [4.69, 9.17) is 16.3 Å². The summed E-state index contributed by atoms with van der Waals surface area (Å²) in [5, 5.41) is 11.5. The molecule has 0 fully saturated rings. The van der Waals surface area contributed by atoms with Gasteiger partial charge in [-0.1, -0.05) is 54.5 Å². The maximum Gasteiger partial charge on any atom is 0.407 e. The second-order valence-corrected chi connectivity index (χ2v) is 7.42. The molecule has 0 saturated carbocycles. The molecular formula is C24H24N2O5. The van der Waals surface area contributed by atoms with Crippen LogP contribution in [0.3, 0.4) is 0 Å². The van der Waals surface area contributed by atoms with E-state index in [0.29, 0.717) is 0 Å². The number of terminal acetylenes is 1. The van der Waals surface area contributed by atoms with E-state index in [1.165, 1.54) is 0 Å². The Morgan fingerprint density at radius 1 is 1.13 bits per heavy atom. The van der Waals surface area contributed by atoms with Crippen LogP contribution in [0.25, 0.3) is 11.1 Å². The minimum Gasteiger partial charge on any atom is -0.480 e. The number of hydrogen-bond donors (Lipinski definition) is 2. The van der Waals surface area contributed by atoms with Crippen molar-refractivity contribution in [3.05, 3.63) is 59.7 Å². The second kappa shape index (κ2) is 9.81. The fourth-order valence-electron chi connectivity index (χ4n) is 3.79. The Morgan fingerprint density at radius 2 is 1.71 bits per heavy atom. The van der Waals surface area contributed by atoms with Crippen LogP contribution in [0, 0.1) is 12.3 Å². The zero-order valence-electron chi connectivity index (χ0n) is 17.2. The quantitative estimate of drug-likeness (QED) is 0.641. The molecule has 0 spiro atoms. The number of nitrogens with one attached hydrogen (secondary N) is 1. The van der Waals surface area contributed by atoms with Gasteiger partial charge in [-0.25, -0.2) is 4.79 Å². The molecule has 0 saturated heterocycles. The first-order chi connectivity index (χ1) is 14.9. The first kappa shape index (κ1) is 21.9. The zero-order valence-corrected chi connectivity index (χ0v) is 17.2. The SMILES string of the molecule is C#CCN(CC(=O)O)C(=O)C[C@H](C)NC(=O)OCC1c2ccccc2-c2ccccc21. The molecule has 160 valence electrons. The van der Waals surface area contributed by atoms with Crippen molar-refractivity contribution in [3.8, 4) is 23.5 Å². The van der Waals surface area contributed by atoms with Crippen molar-refractivity contribution in [2.45, 2.75) is 25.3 Å². The van der Waals surface area contributed by atoms with Crippen molar-refractivity contribution in [2.75, 3.05) is 19.7 Å². The number of ether oxygens (including phenoxy) is 1. The fourth-order valence-corrected chi connectivity index (χ4v) is 3.79. The summed E-state index contributed by atoms with van der Waals surface area (Å²) in [4.78, 5) is 36.5. The highest BCUT2D eigenvalue weighted by Crippen LogP contribution is 2.44. The number of carbonyl (C=O) groups excluding carboxylic acids is 2. The van der Waals surface area contributed by atoms with Gasteiger partial charge >= 0.3 is 12.1 Å². The highest BCUT2D eigenvalue weighted by Gasteiger charge is 2.29. The van der Waals surface area contributed by atoms with E-state index in [-0.39, 0.29) is 25.5 Å². The average Bonchev–Trinajstić information content (AvgIpc) is 3.05. The molecule has 2 aromatic rings. The lowest BCUT2D eigenvalue weighted by molar-refractivity contribution is -0.144. The van der Waals surface area contributed by atoms with Gasteiger partial charge in [0.2, 0.25) is 5.91 Å². The molecule has 0 unspecified atom stereocenters. The van der Waals surface area contributed by atoms with Crippen LogP contribution in [0.15, 0.2) is 48.5 Å². The molecule has 1 aliphatic rings. The summed E-state index contributed by atoms with van der Waals surface area (Å²) in [6.45, 7) is 1.22. The lowest BCUT2D eigenvalue weighted by atomic mass is 9.98. The van der Waals surface area contributed by atoms with Crippen LogP contribution in [0.5, 0.6) is 0 Å². The predicted molar refractivity (Wildman–Crippen MR) is 115 cm³/mol. The lowest BCUT2D eigenvalue weighted by Crippen LogP contribution is -2.41. The number of amides is 2. The summed E-state index contributed by atoms with van der Waals surface area (Å²) in [6, 6.07) is 15.5. The Labute approximate surface area is 181 Å². The lowest BCUT2D eigenvalue weighted by Gasteiger charge is -2.21. The number of carbonyl (C=O) groups is 3. The summed E-state index contributed by atoms with van der Waals surface area (Å²) in [5.41, 5.74) is 4.49. The minimum atomic E-state index is -1.15. The van der Waals surface area contributed by atoms with Crippen LogP contribution in [0.4, 0.5) is 4.79 Å². The molecule has 2 amide bonds. The van der Waals surface area contributed by atoms with Gasteiger partial charge in [-0.05, 0) is 29.2 Å². The highest BCUT2D eigenvalue weighted by atomic mass is 16.5. The molecular weight excluding hydrogens is 396 g/mol. The third kappa shape index (κ3) is 5.23. The highest BCUT2D eigenvalue weighted by molar-refractivity contribution is 5.82. The van der Waals surface area contributed by atoms with Gasteiger partial charge in [0.1, 0.15) is 13.2 Å². The van der Waals surface area contributed by atoms with Crippen LogP contribution in [-0.4, -0.2) is 53.7 Å². The molecule has 2 aromatic carbocycles. The van der Waals surface area contributed by atoms with E-state index in [1.54, 1.807) is 6.92 Å². The Balaban J connectivity index is 1.56. The van der Waals surface area contributed by atoms with E-state index < -0.39 is 30.6 Å². The smallest absolute Gasteiger partial charge is 0.407 e. The van der Waals surface area contributed by atoms with E-state index in [0.717, 1.165) is 27.2 Å². The van der Waals surface area contributed by atoms with E-state index in [1.807, 2.05) is 36.4 Å². The predicted octanol–water partition coefficient (Wildman–Crippen LogP) is 2.85. The number of hydrogen-bond acceptors (Lipinski definition) is 4. The third-order valence-electron chi connectivity index (χ3n) is 5.15. The zero-order chi connectivity index (χ0) is 22.4. The monoisotopic (exact) mass is 420 g/mol. The minimum absolute atomic E-state index is 0.0585. The molecule has 0 aliphatic heterocycles. The summed E-state index contributed by atoms with van der Waals surface area (Å²) in [7, 11) is 0. The van der Waals surface area contributed by atoms with Gasteiger partial charge in [-0.15, -0.1) is 6.42 Å². The first-order valence-corrected chi connectivity index (χ1v) is 9.95. The number of benzene rings is 2. The van der Waals surface area contributed by atoms with Gasteiger partial charge in [0.05, 0.1) is 6.54 Å². The fraction of sp³-hybridized carbons (Fsp3) is 0.292. The van der Waals surface area contributed by atoms with Crippen molar-refractivity contribution in [1.29, 1.82) is 0 Å². The number of aliphatic carboxylic acids is 1. The molecule has 0 radical (unpaired) electrons. The molecule has 31 heavy (non-hydrogen) atoms.